The van der Waals surface area contributed by atoms with E-state index in [0.717, 1.165) is 5.56 Å². The molecule has 1 aromatic heterocycles. The molecule has 1 aliphatic heterocycles. The summed E-state index contributed by atoms with van der Waals surface area (Å²) in [6, 6.07) is 11.7. The molecule has 4 rings (SSSR count). The number of hydrogen-bond acceptors (Lipinski definition) is 6. The average molecular weight is 402 g/mol. The van der Waals surface area contributed by atoms with Crippen LogP contribution in [0, 0.1) is 11.6 Å². The SMILES string of the molecule is O=C1CC(c2ccc(F)cc2)NC(SCc2nc(-c3ccc(F)cc3)no2)N1. The first-order chi connectivity index (χ1) is 13.6. The molecule has 1 aliphatic rings. The zero-order valence-corrected chi connectivity index (χ0v) is 15.4. The normalized spacial score (nSPS) is 19.4. The van der Waals surface area contributed by atoms with Crippen LogP contribution in [0.4, 0.5) is 8.78 Å². The van der Waals surface area contributed by atoms with Crippen LogP contribution in [0.15, 0.2) is 53.1 Å². The first-order valence-electron chi connectivity index (χ1n) is 8.58. The first kappa shape index (κ1) is 18.6. The summed E-state index contributed by atoms with van der Waals surface area (Å²) < 4.78 is 31.4. The highest BCUT2D eigenvalue weighted by Crippen LogP contribution is 2.25. The van der Waals surface area contributed by atoms with Gasteiger partial charge >= 0.3 is 0 Å². The lowest BCUT2D eigenvalue weighted by Gasteiger charge is -2.31. The van der Waals surface area contributed by atoms with E-state index >= 15 is 0 Å². The van der Waals surface area contributed by atoms with E-state index < -0.39 is 0 Å². The molecule has 3 aromatic rings. The summed E-state index contributed by atoms with van der Waals surface area (Å²) in [5.41, 5.74) is 1.15. The smallest absolute Gasteiger partial charge is 0.237 e. The molecule has 0 radical (unpaired) electrons. The van der Waals surface area contributed by atoms with Gasteiger partial charge in [0, 0.05) is 18.0 Å². The van der Waals surface area contributed by atoms with E-state index in [2.05, 4.69) is 20.8 Å². The Hall–Kier alpha value is -2.78. The van der Waals surface area contributed by atoms with Gasteiger partial charge in [0.1, 0.15) is 17.1 Å². The molecular weight excluding hydrogens is 386 g/mol. The maximum Gasteiger partial charge on any atom is 0.237 e. The van der Waals surface area contributed by atoms with Crippen molar-refractivity contribution in [3.05, 3.63) is 71.6 Å². The Morgan fingerprint density at radius 1 is 1.07 bits per heavy atom. The second-order valence-electron chi connectivity index (χ2n) is 6.25. The minimum atomic E-state index is -0.350. The number of halogens is 2. The van der Waals surface area contributed by atoms with Gasteiger partial charge in [-0.25, -0.2) is 8.78 Å². The van der Waals surface area contributed by atoms with Crippen LogP contribution in [0.3, 0.4) is 0 Å². The molecule has 1 saturated heterocycles. The van der Waals surface area contributed by atoms with E-state index in [1.54, 1.807) is 24.3 Å². The first-order valence-corrected chi connectivity index (χ1v) is 9.63. The predicted octanol–water partition coefficient (Wildman–Crippen LogP) is 3.38. The van der Waals surface area contributed by atoms with Gasteiger partial charge in [0.2, 0.25) is 17.6 Å². The Balaban J connectivity index is 1.38. The lowest BCUT2D eigenvalue weighted by molar-refractivity contribution is -0.123. The van der Waals surface area contributed by atoms with Crippen LogP contribution in [0.5, 0.6) is 0 Å². The maximum absolute atomic E-state index is 13.1. The van der Waals surface area contributed by atoms with Crippen LogP contribution in [0.1, 0.15) is 23.9 Å². The maximum atomic E-state index is 13.1. The predicted molar refractivity (Wildman–Crippen MR) is 99.8 cm³/mol. The number of rotatable bonds is 5. The molecule has 2 N–H and O–H groups in total. The Bertz CT molecular complexity index is 963. The molecule has 2 atom stereocenters. The van der Waals surface area contributed by atoms with Crippen LogP contribution in [-0.4, -0.2) is 21.5 Å². The third kappa shape index (κ3) is 4.37. The molecule has 1 amide bonds. The molecular formula is C19H16F2N4O2S. The zero-order chi connectivity index (χ0) is 19.5. The van der Waals surface area contributed by atoms with Gasteiger partial charge in [-0.1, -0.05) is 17.3 Å². The molecule has 2 unspecified atom stereocenters. The number of aromatic nitrogens is 2. The molecule has 2 heterocycles. The van der Waals surface area contributed by atoms with E-state index in [4.69, 9.17) is 4.52 Å². The van der Waals surface area contributed by atoms with Crippen LogP contribution in [0.25, 0.3) is 11.4 Å². The molecule has 0 spiro atoms. The summed E-state index contributed by atoms with van der Waals surface area (Å²) in [7, 11) is 0. The fraction of sp³-hybridized carbons (Fsp3) is 0.211. The second kappa shape index (κ2) is 8.07. The molecule has 0 aliphatic carbocycles. The highest BCUT2D eigenvalue weighted by Gasteiger charge is 2.27. The second-order valence-corrected chi connectivity index (χ2v) is 7.35. The zero-order valence-electron chi connectivity index (χ0n) is 14.6. The Morgan fingerprint density at radius 2 is 1.75 bits per heavy atom. The van der Waals surface area contributed by atoms with Gasteiger partial charge in [0.15, 0.2) is 0 Å². The Morgan fingerprint density at radius 3 is 2.46 bits per heavy atom. The molecule has 144 valence electrons. The Kier molecular flexibility index (Phi) is 5.36. The number of amides is 1. The summed E-state index contributed by atoms with van der Waals surface area (Å²) in [5, 5.41) is 10.1. The summed E-state index contributed by atoms with van der Waals surface area (Å²) in [5.74, 6) is 0.399. The van der Waals surface area contributed by atoms with Crippen molar-refractivity contribution in [2.24, 2.45) is 0 Å². The van der Waals surface area contributed by atoms with E-state index in [-0.39, 0.29) is 35.5 Å². The van der Waals surface area contributed by atoms with Crippen LogP contribution in [-0.2, 0) is 10.5 Å². The van der Waals surface area contributed by atoms with Crippen LogP contribution >= 0.6 is 11.8 Å². The number of benzene rings is 2. The molecule has 28 heavy (non-hydrogen) atoms. The summed E-state index contributed by atoms with van der Waals surface area (Å²) >= 11 is 1.39. The van der Waals surface area contributed by atoms with E-state index in [0.29, 0.717) is 23.0 Å². The largest absolute Gasteiger partial charge is 0.338 e. The topological polar surface area (TPSA) is 80.1 Å². The van der Waals surface area contributed by atoms with Crippen molar-refractivity contribution in [1.82, 2.24) is 20.8 Å². The van der Waals surface area contributed by atoms with Gasteiger partial charge in [-0.2, -0.15) is 4.98 Å². The molecule has 2 aromatic carbocycles. The van der Waals surface area contributed by atoms with Crippen molar-refractivity contribution < 1.29 is 18.1 Å². The number of nitrogens with zero attached hydrogens (tertiary/aromatic N) is 2. The fourth-order valence-corrected chi connectivity index (χ4v) is 3.76. The number of thioether (sulfide) groups is 1. The number of carbonyl (C=O) groups is 1. The van der Waals surface area contributed by atoms with Crippen molar-refractivity contribution in [2.45, 2.75) is 23.7 Å². The van der Waals surface area contributed by atoms with Crippen molar-refractivity contribution in [3.63, 3.8) is 0 Å². The van der Waals surface area contributed by atoms with Crippen molar-refractivity contribution in [2.75, 3.05) is 0 Å². The number of carbonyl (C=O) groups excluding carboxylic acids is 1. The van der Waals surface area contributed by atoms with Crippen molar-refractivity contribution >= 4 is 17.7 Å². The standard InChI is InChI=1S/C19H16F2N4O2S/c20-13-5-1-11(2-6-13)15-9-16(26)23-19(22-15)28-10-17-24-18(25-27-17)12-3-7-14(21)8-4-12/h1-8,15,19,22H,9-10H2,(H,23,26). The van der Waals surface area contributed by atoms with Gasteiger partial charge in [-0.3, -0.25) is 10.1 Å². The number of hydrogen-bond donors (Lipinski definition) is 2. The Labute approximate surface area is 163 Å². The van der Waals surface area contributed by atoms with Crippen LogP contribution in [0.2, 0.25) is 0 Å². The lowest BCUT2D eigenvalue weighted by Crippen LogP contribution is -2.50. The summed E-state index contributed by atoms with van der Waals surface area (Å²) in [4.78, 5) is 16.3. The van der Waals surface area contributed by atoms with Crippen molar-refractivity contribution in [1.29, 1.82) is 0 Å². The van der Waals surface area contributed by atoms with Gasteiger partial charge in [-0.15, -0.1) is 11.8 Å². The van der Waals surface area contributed by atoms with Gasteiger partial charge < -0.3 is 9.84 Å². The van der Waals surface area contributed by atoms with Crippen molar-refractivity contribution in [3.8, 4) is 11.4 Å². The van der Waals surface area contributed by atoms with Gasteiger partial charge in [0.05, 0.1) is 5.75 Å². The van der Waals surface area contributed by atoms with E-state index in [9.17, 15) is 13.6 Å². The third-order valence-electron chi connectivity index (χ3n) is 4.25. The minimum absolute atomic E-state index is 0.0943. The fourth-order valence-electron chi connectivity index (χ4n) is 2.86. The molecule has 0 saturated carbocycles. The highest BCUT2D eigenvalue weighted by molar-refractivity contribution is 7.99. The molecule has 9 heteroatoms. The monoisotopic (exact) mass is 402 g/mol. The lowest BCUT2D eigenvalue weighted by atomic mass is 10.0. The summed E-state index contributed by atoms with van der Waals surface area (Å²) in [6.45, 7) is 0. The van der Waals surface area contributed by atoms with Crippen LogP contribution < -0.4 is 10.6 Å². The minimum Gasteiger partial charge on any atom is -0.338 e. The highest BCUT2D eigenvalue weighted by atomic mass is 32.2. The summed E-state index contributed by atoms with van der Waals surface area (Å²) in [6.07, 6.45) is 0.276. The molecule has 6 nitrogen and oxygen atoms in total. The molecule has 0 bridgehead atoms. The molecule has 1 fully saturated rings. The quantitative estimate of drug-likeness (QED) is 0.681. The van der Waals surface area contributed by atoms with E-state index in [1.165, 1.54) is 36.0 Å². The average Bonchev–Trinajstić information content (AvgIpc) is 3.16. The third-order valence-corrected chi connectivity index (χ3v) is 5.25. The number of nitrogens with one attached hydrogen (secondary N) is 2. The van der Waals surface area contributed by atoms with Gasteiger partial charge in [-0.05, 0) is 42.0 Å². The van der Waals surface area contributed by atoms with E-state index in [1.807, 2.05) is 0 Å². The van der Waals surface area contributed by atoms with Gasteiger partial charge in [0.25, 0.3) is 0 Å².